The number of hydrogen-bond donors (Lipinski definition) is 1. The first kappa shape index (κ1) is 26.8. The summed E-state index contributed by atoms with van der Waals surface area (Å²) in [6, 6.07) is 31.4. The predicted octanol–water partition coefficient (Wildman–Crippen LogP) is 6.91. The molecular weight excluding hydrogens is 534 g/mol. The maximum Gasteiger partial charge on any atom is 0.264 e. The van der Waals surface area contributed by atoms with E-state index in [1.807, 2.05) is 54.6 Å². The van der Waals surface area contributed by atoms with E-state index in [4.69, 9.17) is 9.72 Å². The van der Waals surface area contributed by atoms with E-state index in [0.717, 1.165) is 53.9 Å². The molecule has 41 heavy (non-hydrogen) atoms. The molecule has 0 bridgehead atoms. The average Bonchev–Trinajstić information content (AvgIpc) is 3.40. The third-order valence-corrected chi connectivity index (χ3v) is 8.86. The van der Waals surface area contributed by atoms with Crippen LogP contribution in [0.3, 0.4) is 0 Å². The summed E-state index contributed by atoms with van der Waals surface area (Å²) in [5.41, 5.74) is 3.76. The number of rotatable bonds is 8. The first-order valence-corrected chi connectivity index (χ1v) is 15.4. The SMILES string of the molecule is O=C(NS(=O)(=O)c1ccc2c(c1)nc(-c1ccc(OCc3ccccc3)cc1)n2C1CCCCC1)c1ccccc1. The molecule has 1 heterocycles. The van der Waals surface area contributed by atoms with Crippen molar-refractivity contribution >= 4 is 27.0 Å². The number of aromatic nitrogens is 2. The van der Waals surface area contributed by atoms with Crippen molar-refractivity contribution < 1.29 is 17.9 Å². The lowest BCUT2D eigenvalue weighted by molar-refractivity contribution is 0.0981. The van der Waals surface area contributed by atoms with Crippen LogP contribution in [0.5, 0.6) is 5.75 Å². The van der Waals surface area contributed by atoms with Crippen LogP contribution in [0, 0.1) is 0 Å². The Morgan fingerprint density at radius 1 is 0.854 bits per heavy atom. The van der Waals surface area contributed by atoms with E-state index in [2.05, 4.69) is 9.29 Å². The minimum Gasteiger partial charge on any atom is -0.489 e. The number of amides is 1. The Morgan fingerprint density at radius 2 is 1.54 bits per heavy atom. The number of sulfonamides is 1. The van der Waals surface area contributed by atoms with Gasteiger partial charge in [-0.25, -0.2) is 18.1 Å². The zero-order valence-electron chi connectivity index (χ0n) is 22.6. The Labute approximate surface area is 239 Å². The van der Waals surface area contributed by atoms with Gasteiger partial charge in [0.25, 0.3) is 15.9 Å². The Bertz CT molecular complexity index is 1760. The number of nitrogens with zero attached hydrogens (tertiary/aromatic N) is 2. The van der Waals surface area contributed by atoms with Crippen molar-refractivity contribution in [3.8, 4) is 17.1 Å². The van der Waals surface area contributed by atoms with Gasteiger partial charge < -0.3 is 9.30 Å². The normalized spacial score (nSPS) is 14.1. The van der Waals surface area contributed by atoms with Gasteiger partial charge in [-0.1, -0.05) is 67.8 Å². The monoisotopic (exact) mass is 565 g/mol. The number of hydrogen-bond acceptors (Lipinski definition) is 5. The second kappa shape index (κ2) is 11.6. The van der Waals surface area contributed by atoms with Gasteiger partial charge in [0.05, 0.1) is 15.9 Å². The number of ether oxygens (including phenoxy) is 1. The predicted molar refractivity (Wildman–Crippen MR) is 159 cm³/mol. The van der Waals surface area contributed by atoms with Crippen LogP contribution in [0.2, 0.25) is 0 Å². The van der Waals surface area contributed by atoms with Crippen LogP contribution >= 0.6 is 0 Å². The van der Waals surface area contributed by atoms with Gasteiger partial charge in [-0.15, -0.1) is 0 Å². The van der Waals surface area contributed by atoms with Crippen molar-refractivity contribution in [3.05, 3.63) is 114 Å². The average molecular weight is 566 g/mol. The maximum absolute atomic E-state index is 13.1. The summed E-state index contributed by atoms with van der Waals surface area (Å²) >= 11 is 0. The van der Waals surface area contributed by atoms with Crippen LogP contribution in [0.25, 0.3) is 22.4 Å². The van der Waals surface area contributed by atoms with Gasteiger partial charge in [0, 0.05) is 17.2 Å². The molecule has 6 rings (SSSR count). The summed E-state index contributed by atoms with van der Waals surface area (Å²) in [6.45, 7) is 0.485. The van der Waals surface area contributed by atoms with E-state index in [9.17, 15) is 13.2 Å². The number of carbonyl (C=O) groups is 1. The molecule has 1 aliphatic rings. The van der Waals surface area contributed by atoms with Crippen LogP contribution in [-0.4, -0.2) is 23.9 Å². The van der Waals surface area contributed by atoms with Crippen molar-refractivity contribution in [2.75, 3.05) is 0 Å². The quantitative estimate of drug-likeness (QED) is 0.221. The topological polar surface area (TPSA) is 90.3 Å². The minimum atomic E-state index is -4.09. The Hall–Kier alpha value is -4.43. The zero-order chi connectivity index (χ0) is 28.2. The fourth-order valence-corrected chi connectivity index (χ4v) is 6.42. The van der Waals surface area contributed by atoms with Gasteiger partial charge in [0.2, 0.25) is 0 Å². The van der Waals surface area contributed by atoms with E-state index >= 15 is 0 Å². The van der Waals surface area contributed by atoms with Gasteiger partial charge in [0.15, 0.2) is 0 Å². The highest BCUT2D eigenvalue weighted by Gasteiger charge is 2.25. The van der Waals surface area contributed by atoms with E-state index in [-0.39, 0.29) is 16.5 Å². The van der Waals surface area contributed by atoms with Crippen molar-refractivity contribution in [1.82, 2.24) is 14.3 Å². The first-order valence-electron chi connectivity index (χ1n) is 13.9. The molecule has 5 aromatic rings. The number of carbonyl (C=O) groups excluding carboxylic acids is 1. The van der Waals surface area contributed by atoms with Crippen molar-refractivity contribution in [3.63, 3.8) is 0 Å². The fraction of sp³-hybridized carbons (Fsp3) is 0.212. The molecule has 0 unspecified atom stereocenters. The molecule has 0 radical (unpaired) electrons. The lowest BCUT2D eigenvalue weighted by atomic mass is 9.95. The van der Waals surface area contributed by atoms with Crippen molar-refractivity contribution in [2.45, 2.75) is 49.6 Å². The summed E-state index contributed by atoms with van der Waals surface area (Å²) in [5.74, 6) is 0.888. The van der Waals surface area contributed by atoms with Crippen molar-refractivity contribution in [2.24, 2.45) is 0 Å². The first-order chi connectivity index (χ1) is 20.0. The molecule has 1 fully saturated rings. The van der Waals surface area contributed by atoms with E-state index < -0.39 is 15.9 Å². The number of fused-ring (bicyclic) bond motifs is 1. The molecule has 0 aliphatic heterocycles. The summed E-state index contributed by atoms with van der Waals surface area (Å²) in [4.78, 5) is 17.5. The lowest BCUT2D eigenvalue weighted by Crippen LogP contribution is -2.30. The van der Waals surface area contributed by atoms with Crippen LogP contribution in [0.15, 0.2) is 108 Å². The van der Waals surface area contributed by atoms with E-state index in [1.165, 1.54) is 6.42 Å². The molecule has 1 amide bonds. The van der Waals surface area contributed by atoms with E-state index in [1.54, 1.807) is 48.5 Å². The number of nitrogens with one attached hydrogen (secondary N) is 1. The summed E-state index contributed by atoms with van der Waals surface area (Å²) in [6.07, 6.45) is 5.60. The molecule has 1 aliphatic carbocycles. The highest BCUT2D eigenvalue weighted by molar-refractivity contribution is 7.90. The molecule has 1 aromatic heterocycles. The Balaban J connectivity index is 1.32. The molecule has 208 valence electrons. The maximum atomic E-state index is 13.1. The molecule has 8 heteroatoms. The van der Waals surface area contributed by atoms with Gasteiger partial charge in [-0.2, -0.15) is 0 Å². The van der Waals surface area contributed by atoms with Gasteiger partial charge >= 0.3 is 0 Å². The Morgan fingerprint density at radius 3 is 2.24 bits per heavy atom. The number of benzene rings is 4. The highest BCUT2D eigenvalue weighted by Crippen LogP contribution is 2.37. The van der Waals surface area contributed by atoms with Crippen LogP contribution in [0.4, 0.5) is 0 Å². The highest BCUT2D eigenvalue weighted by atomic mass is 32.2. The molecule has 7 nitrogen and oxygen atoms in total. The molecule has 1 saturated carbocycles. The van der Waals surface area contributed by atoms with Crippen LogP contribution in [-0.2, 0) is 16.6 Å². The summed E-state index contributed by atoms with van der Waals surface area (Å²) in [5, 5.41) is 0. The largest absolute Gasteiger partial charge is 0.489 e. The Kier molecular flexibility index (Phi) is 7.57. The summed E-state index contributed by atoms with van der Waals surface area (Å²) in [7, 11) is -4.09. The molecule has 1 N–H and O–H groups in total. The van der Waals surface area contributed by atoms with Crippen LogP contribution in [0.1, 0.15) is 54.1 Å². The molecule has 4 aromatic carbocycles. The van der Waals surface area contributed by atoms with Gasteiger partial charge in [-0.05, 0) is 73.0 Å². The lowest BCUT2D eigenvalue weighted by Gasteiger charge is -2.25. The minimum absolute atomic E-state index is 0.00112. The molecular formula is C33H31N3O4S. The molecule has 0 atom stereocenters. The zero-order valence-corrected chi connectivity index (χ0v) is 23.4. The third kappa shape index (κ3) is 5.88. The van der Waals surface area contributed by atoms with E-state index in [0.29, 0.717) is 12.1 Å². The summed E-state index contributed by atoms with van der Waals surface area (Å²) < 4.78 is 36.7. The second-order valence-corrected chi connectivity index (χ2v) is 12.0. The fourth-order valence-electron chi connectivity index (χ4n) is 5.43. The third-order valence-electron chi connectivity index (χ3n) is 7.53. The second-order valence-electron chi connectivity index (χ2n) is 10.3. The van der Waals surface area contributed by atoms with Crippen LogP contribution < -0.4 is 9.46 Å². The number of imidazole rings is 1. The standard InChI is InChI=1S/C33H31N3O4S/c37-33(26-12-6-2-7-13-26)35-41(38,39)29-20-21-31-30(22-29)34-32(36(31)27-14-8-3-9-15-27)25-16-18-28(19-17-25)40-23-24-10-4-1-5-11-24/h1-2,4-7,10-13,16-22,27H,3,8-9,14-15,23H2,(H,35,37). The smallest absolute Gasteiger partial charge is 0.264 e. The molecule has 0 spiro atoms. The van der Waals surface area contributed by atoms with Gasteiger partial charge in [0.1, 0.15) is 18.2 Å². The van der Waals surface area contributed by atoms with Gasteiger partial charge in [-0.3, -0.25) is 4.79 Å². The van der Waals surface area contributed by atoms with Crippen molar-refractivity contribution in [1.29, 1.82) is 0 Å². The molecule has 0 saturated heterocycles.